The molecule has 0 radical (unpaired) electrons. The summed E-state index contributed by atoms with van der Waals surface area (Å²) in [4.78, 5) is 81.5. The van der Waals surface area contributed by atoms with E-state index in [-0.39, 0.29) is 45.8 Å². The summed E-state index contributed by atoms with van der Waals surface area (Å²) in [5.74, 6) is -2.31. The number of esters is 6. The van der Waals surface area contributed by atoms with Crippen molar-refractivity contribution < 1.29 is 85.6 Å². The Labute approximate surface area is 490 Å². The molecule has 5 heterocycles. The van der Waals surface area contributed by atoms with Crippen molar-refractivity contribution in [3.8, 4) is 0 Å². The normalized spacial score (nSPS) is 38.1. The molecule has 0 unspecified atom stereocenters. The molecule has 18 nitrogen and oxygen atoms in total. The van der Waals surface area contributed by atoms with Crippen LogP contribution in [0, 0.1) is 46.3 Å². The maximum atomic E-state index is 14.4. The highest BCUT2D eigenvalue weighted by molar-refractivity contribution is 5.91. The molecule has 4 aliphatic carbocycles. The zero-order valence-electron chi connectivity index (χ0n) is 49.0. The first-order chi connectivity index (χ1) is 40.3. The second kappa shape index (κ2) is 24.6. The van der Waals surface area contributed by atoms with E-state index in [1.165, 1.54) is 56.2 Å². The van der Waals surface area contributed by atoms with E-state index in [0.717, 1.165) is 38.7 Å². The molecule has 450 valence electrons. The summed E-state index contributed by atoms with van der Waals surface area (Å²) in [5.41, 5.74) is 2.92. The third kappa shape index (κ3) is 11.7. The number of hydrogen-bond acceptors (Lipinski definition) is 18. The predicted molar refractivity (Wildman–Crippen MR) is 299 cm³/mol. The summed E-state index contributed by atoms with van der Waals surface area (Å²) in [5, 5.41) is 0. The number of fused-ring (bicyclic) bond motifs is 6. The third-order valence-electron chi connectivity index (χ3n) is 19.5. The Kier molecular flexibility index (Phi) is 17.4. The van der Waals surface area contributed by atoms with E-state index in [9.17, 15) is 28.8 Å². The Hall–Kier alpha value is -6.28. The van der Waals surface area contributed by atoms with Gasteiger partial charge in [0, 0.05) is 32.1 Å². The van der Waals surface area contributed by atoms with Gasteiger partial charge in [0.15, 0.2) is 55.5 Å². The van der Waals surface area contributed by atoms with E-state index < -0.39 is 110 Å². The van der Waals surface area contributed by atoms with Crippen LogP contribution in [0.5, 0.6) is 0 Å². The lowest BCUT2D eigenvalue weighted by atomic mass is 9.46. The molecule has 12 rings (SSSR count). The standard InChI is InChI=1S/C66H78O18/c1-35(2)30-47-36(3)52-50-32-49-46-25-24-44-31-45(26-28-65(44,8)48(46)27-29-66(49,52)34-74-62(47)79-50)78-64-58(56(77-40(7)69)54(76-39(6)68)51(80-64)33-73-38(5)67)84-63-57(83-61(72)43-22-16-11-17-23-43)55(82-60(71)42-20-14-10-15-21-42)53(37(4)75-63)81-59(70)41-18-12-9-13-19-41/h9-24,30,36-37,45-58,62-64H,25-29,31-34H2,1-8H3/t36-,37+,45+,46-,47-,48+,49+,50+,51-,52+,53+,54-,55-,56+,57-,58-,62+,63+,64-,65+,66-/m1/s1. The molecular weight excluding hydrogens is 1080 g/mol. The van der Waals surface area contributed by atoms with Crippen molar-refractivity contribution in [1.29, 1.82) is 0 Å². The minimum absolute atomic E-state index is 0.0560. The van der Waals surface area contributed by atoms with Crippen LogP contribution in [-0.4, -0.2) is 129 Å². The Morgan fingerprint density at radius 3 is 1.77 bits per heavy atom. The minimum Gasteiger partial charge on any atom is -0.463 e. The van der Waals surface area contributed by atoms with E-state index in [4.69, 9.17) is 56.8 Å². The van der Waals surface area contributed by atoms with Crippen molar-refractivity contribution in [2.75, 3.05) is 13.2 Å². The smallest absolute Gasteiger partial charge is 0.338 e. The highest BCUT2D eigenvalue weighted by Crippen LogP contribution is 2.70. The average Bonchev–Trinajstić information content (AvgIpc) is 1.62. The number of hydrogen-bond donors (Lipinski definition) is 0. The summed E-state index contributed by atoms with van der Waals surface area (Å²) >= 11 is 0. The Morgan fingerprint density at radius 1 is 0.607 bits per heavy atom. The van der Waals surface area contributed by atoms with E-state index >= 15 is 0 Å². The Bertz CT molecular complexity index is 2960. The molecule has 4 bridgehead atoms. The van der Waals surface area contributed by atoms with Crippen LogP contribution in [0.25, 0.3) is 0 Å². The van der Waals surface area contributed by atoms with E-state index in [2.05, 4.69) is 39.8 Å². The molecular formula is C66H78O18. The first kappa shape index (κ1) is 59.5. The van der Waals surface area contributed by atoms with Gasteiger partial charge in [0.2, 0.25) is 0 Å². The molecule has 0 aromatic heterocycles. The zero-order valence-corrected chi connectivity index (χ0v) is 49.0. The summed E-state index contributed by atoms with van der Waals surface area (Å²) < 4.78 is 77.4. The number of carbonyl (C=O) groups is 6. The van der Waals surface area contributed by atoms with Crippen molar-refractivity contribution in [1.82, 2.24) is 0 Å². The first-order valence-electron chi connectivity index (χ1n) is 29.8. The predicted octanol–water partition coefficient (Wildman–Crippen LogP) is 9.47. The fourth-order valence-corrected chi connectivity index (χ4v) is 15.9. The van der Waals surface area contributed by atoms with Crippen molar-refractivity contribution in [2.24, 2.45) is 46.3 Å². The molecule has 3 saturated carbocycles. The van der Waals surface area contributed by atoms with E-state index in [1.807, 2.05) is 0 Å². The van der Waals surface area contributed by atoms with Crippen LogP contribution in [0.3, 0.4) is 0 Å². The van der Waals surface area contributed by atoms with Gasteiger partial charge < -0.3 is 56.8 Å². The fraction of sp³-hybridized carbons (Fsp3) is 0.576. The lowest BCUT2D eigenvalue weighted by Gasteiger charge is -2.59. The zero-order chi connectivity index (χ0) is 59.2. The van der Waals surface area contributed by atoms with Gasteiger partial charge in [0.1, 0.15) is 12.7 Å². The van der Waals surface area contributed by atoms with E-state index in [1.54, 1.807) is 73.7 Å². The van der Waals surface area contributed by atoms with Gasteiger partial charge in [-0.05, 0) is 137 Å². The first-order valence-corrected chi connectivity index (χ1v) is 29.8. The van der Waals surface area contributed by atoms with Crippen LogP contribution < -0.4 is 0 Å². The van der Waals surface area contributed by atoms with Gasteiger partial charge in [0.25, 0.3) is 0 Å². The number of benzene rings is 3. The van der Waals surface area contributed by atoms with Crippen LogP contribution in [0.15, 0.2) is 114 Å². The number of ether oxygens (including phenoxy) is 12. The van der Waals surface area contributed by atoms with Crippen molar-refractivity contribution in [2.45, 2.75) is 180 Å². The van der Waals surface area contributed by atoms with Gasteiger partial charge in [-0.3, -0.25) is 14.4 Å². The van der Waals surface area contributed by atoms with Crippen molar-refractivity contribution in [3.05, 3.63) is 131 Å². The average molecular weight is 1160 g/mol. The number of carbonyl (C=O) groups excluding carboxylic acids is 6. The van der Waals surface area contributed by atoms with Gasteiger partial charge in [-0.2, -0.15) is 0 Å². The van der Waals surface area contributed by atoms with Gasteiger partial charge in [0.05, 0.1) is 41.6 Å². The molecule has 8 fully saturated rings. The lowest BCUT2D eigenvalue weighted by Crippen LogP contribution is -2.67. The quantitative estimate of drug-likeness (QED) is 0.0787. The summed E-state index contributed by atoms with van der Waals surface area (Å²) in [6, 6.07) is 24.4. The molecule has 5 saturated heterocycles. The van der Waals surface area contributed by atoms with Crippen LogP contribution in [-0.2, 0) is 71.2 Å². The topological polar surface area (TPSA) is 213 Å². The van der Waals surface area contributed by atoms with Crippen LogP contribution in [0.2, 0.25) is 0 Å². The van der Waals surface area contributed by atoms with Crippen molar-refractivity contribution in [3.63, 3.8) is 0 Å². The van der Waals surface area contributed by atoms with Crippen molar-refractivity contribution >= 4 is 35.8 Å². The minimum atomic E-state index is -1.73. The molecule has 0 N–H and O–H groups in total. The van der Waals surface area contributed by atoms with Crippen LogP contribution >= 0.6 is 0 Å². The highest BCUT2D eigenvalue weighted by Gasteiger charge is 2.69. The van der Waals surface area contributed by atoms with Gasteiger partial charge in [-0.25, -0.2) is 14.4 Å². The number of rotatable bonds is 15. The molecule has 5 aliphatic heterocycles. The van der Waals surface area contributed by atoms with Crippen LogP contribution in [0.1, 0.15) is 131 Å². The summed E-state index contributed by atoms with van der Waals surface area (Å²) in [6.45, 7) is 14.6. The SMILES string of the molecule is CC(=O)OC[C@H]1O[C@@H](O[C@H]2CC[C@@]3(C)C(=CC[C@H]4[C@@H]5C[C@@H]6O[C@@H]7OC[C@@]5(CC[C@@H]43)[C@H]6[C@H](C)[C@H]7C=C(C)C)C2)[C@H](O[C@@H]2O[C@@H](C)[C@H](OC(=O)c3ccccc3)[C@@H](OC(=O)c3ccccc3)[C@H]2OC(=O)c2ccccc2)[C@@H](OC(C)=O)[C@@H]1OC(C)=O. The summed E-state index contributed by atoms with van der Waals surface area (Å²) in [7, 11) is 0. The Morgan fingerprint density at radius 2 is 1.18 bits per heavy atom. The molecule has 84 heavy (non-hydrogen) atoms. The molecule has 3 aromatic carbocycles. The molecule has 3 aromatic rings. The van der Waals surface area contributed by atoms with E-state index in [0.29, 0.717) is 42.4 Å². The van der Waals surface area contributed by atoms with Gasteiger partial charge in [-0.1, -0.05) is 91.7 Å². The second-order valence-corrected chi connectivity index (χ2v) is 24.8. The highest BCUT2D eigenvalue weighted by atomic mass is 16.8. The molecule has 21 atom stereocenters. The maximum Gasteiger partial charge on any atom is 0.338 e. The fourth-order valence-electron chi connectivity index (χ4n) is 15.9. The largest absolute Gasteiger partial charge is 0.463 e. The second-order valence-electron chi connectivity index (χ2n) is 24.8. The van der Waals surface area contributed by atoms with Crippen LogP contribution in [0.4, 0.5) is 0 Å². The monoisotopic (exact) mass is 1160 g/mol. The molecule has 9 aliphatic rings. The molecule has 1 spiro atoms. The summed E-state index contributed by atoms with van der Waals surface area (Å²) in [6.07, 6.45) is -4.70. The molecule has 18 heteroatoms. The third-order valence-corrected chi connectivity index (χ3v) is 19.5. The maximum absolute atomic E-state index is 14.4. The number of allylic oxidation sites excluding steroid dienone is 2. The van der Waals surface area contributed by atoms with Gasteiger partial charge in [-0.15, -0.1) is 0 Å². The lowest BCUT2D eigenvalue weighted by molar-refractivity contribution is -0.369. The Balaban J connectivity index is 0.926. The van der Waals surface area contributed by atoms with Gasteiger partial charge >= 0.3 is 35.8 Å². The molecule has 0 amide bonds.